The van der Waals surface area contributed by atoms with Gasteiger partial charge in [0.2, 0.25) is 0 Å². The number of para-hydroxylation sites is 1. The fourth-order valence-corrected chi connectivity index (χ4v) is 3.34. The summed E-state index contributed by atoms with van der Waals surface area (Å²) in [5.41, 5.74) is 4.20. The van der Waals surface area contributed by atoms with E-state index < -0.39 is 0 Å². The van der Waals surface area contributed by atoms with Gasteiger partial charge in [0.15, 0.2) is 0 Å². The first kappa shape index (κ1) is 18.9. The minimum atomic E-state index is -0.0927. The lowest BCUT2D eigenvalue weighted by Gasteiger charge is -2.10. The van der Waals surface area contributed by atoms with E-state index in [2.05, 4.69) is 15.5 Å². The van der Waals surface area contributed by atoms with Crippen LogP contribution in [0, 0.1) is 6.92 Å². The first-order valence-corrected chi connectivity index (χ1v) is 9.85. The Balaban J connectivity index is 1.54. The SMILES string of the molecule is CCn1cc(-c2cc(C(=O)NCCCn3nccc3C)c3ccccc3n2)cn1. The zero-order valence-corrected chi connectivity index (χ0v) is 16.7. The largest absolute Gasteiger partial charge is 0.352 e. The molecule has 0 aliphatic rings. The van der Waals surface area contributed by atoms with Crippen molar-refractivity contribution in [3.05, 3.63) is 66.2 Å². The van der Waals surface area contributed by atoms with Crippen LogP contribution in [0.2, 0.25) is 0 Å². The monoisotopic (exact) mass is 388 g/mol. The van der Waals surface area contributed by atoms with E-state index in [4.69, 9.17) is 4.98 Å². The van der Waals surface area contributed by atoms with E-state index in [0.29, 0.717) is 12.1 Å². The van der Waals surface area contributed by atoms with Crippen LogP contribution in [0.15, 0.2) is 55.0 Å². The van der Waals surface area contributed by atoms with Crippen LogP contribution in [-0.2, 0) is 13.1 Å². The highest BCUT2D eigenvalue weighted by Crippen LogP contribution is 2.24. The molecule has 1 aromatic carbocycles. The molecular formula is C22H24N6O. The summed E-state index contributed by atoms with van der Waals surface area (Å²) in [4.78, 5) is 17.7. The smallest absolute Gasteiger partial charge is 0.252 e. The molecular weight excluding hydrogens is 364 g/mol. The summed E-state index contributed by atoms with van der Waals surface area (Å²) in [6.45, 7) is 6.21. The number of hydrogen-bond acceptors (Lipinski definition) is 4. The average molecular weight is 388 g/mol. The van der Waals surface area contributed by atoms with E-state index in [1.807, 2.05) is 65.8 Å². The van der Waals surface area contributed by atoms with Crippen molar-refractivity contribution in [1.82, 2.24) is 29.9 Å². The second-order valence-electron chi connectivity index (χ2n) is 6.96. The van der Waals surface area contributed by atoms with Crippen LogP contribution in [0.25, 0.3) is 22.2 Å². The minimum absolute atomic E-state index is 0.0927. The number of nitrogens with zero attached hydrogens (tertiary/aromatic N) is 5. The molecule has 0 aliphatic heterocycles. The topological polar surface area (TPSA) is 77.6 Å². The first-order chi connectivity index (χ1) is 14.2. The van der Waals surface area contributed by atoms with Crippen molar-refractivity contribution in [1.29, 1.82) is 0 Å². The quantitative estimate of drug-likeness (QED) is 0.492. The summed E-state index contributed by atoms with van der Waals surface area (Å²) in [6, 6.07) is 11.6. The second kappa shape index (κ2) is 8.26. The molecule has 0 atom stereocenters. The second-order valence-corrected chi connectivity index (χ2v) is 6.96. The summed E-state index contributed by atoms with van der Waals surface area (Å²) < 4.78 is 3.79. The Bertz CT molecular complexity index is 1140. The highest BCUT2D eigenvalue weighted by Gasteiger charge is 2.14. The molecule has 0 aliphatic carbocycles. The summed E-state index contributed by atoms with van der Waals surface area (Å²) in [6.07, 6.45) is 6.34. The number of amides is 1. The van der Waals surface area contributed by atoms with Gasteiger partial charge >= 0.3 is 0 Å². The molecule has 0 spiro atoms. The van der Waals surface area contributed by atoms with Crippen molar-refractivity contribution >= 4 is 16.8 Å². The molecule has 3 heterocycles. The number of carbonyl (C=O) groups excluding carboxylic acids is 1. The van der Waals surface area contributed by atoms with Crippen LogP contribution < -0.4 is 5.32 Å². The Morgan fingerprint density at radius 2 is 2.03 bits per heavy atom. The van der Waals surface area contributed by atoms with Crippen LogP contribution >= 0.6 is 0 Å². The highest BCUT2D eigenvalue weighted by molar-refractivity contribution is 6.07. The van der Waals surface area contributed by atoms with Crippen LogP contribution in [0.1, 0.15) is 29.4 Å². The lowest BCUT2D eigenvalue weighted by molar-refractivity contribution is 0.0954. The molecule has 0 fully saturated rings. The van der Waals surface area contributed by atoms with Crippen molar-refractivity contribution < 1.29 is 4.79 Å². The van der Waals surface area contributed by atoms with E-state index in [0.717, 1.165) is 47.4 Å². The number of hydrogen-bond donors (Lipinski definition) is 1. The Morgan fingerprint density at radius 1 is 1.17 bits per heavy atom. The van der Waals surface area contributed by atoms with Gasteiger partial charge in [-0.3, -0.25) is 14.2 Å². The van der Waals surface area contributed by atoms with E-state index >= 15 is 0 Å². The zero-order chi connectivity index (χ0) is 20.2. The molecule has 148 valence electrons. The molecule has 0 saturated carbocycles. The number of nitrogens with one attached hydrogen (secondary N) is 1. The standard InChI is InChI=1S/C22H24N6O/c1-3-27-15-17(14-25-27)21-13-19(18-7-4-5-8-20(18)26-21)22(29)23-10-6-12-28-16(2)9-11-24-28/h4-5,7-9,11,13-15H,3,6,10,12H2,1-2H3,(H,23,29). The number of carbonyl (C=O) groups is 1. The molecule has 0 radical (unpaired) electrons. The Kier molecular flexibility index (Phi) is 5.37. The number of aryl methyl sites for hydroxylation is 3. The van der Waals surface area contributed by atoms with Gasteiger partial charge in [-0.15, -0.1) is 0 Å². The summed E-state index contributed by atoms with van der Waals surface area (Å²) in [7, 11) is 0. The third-order valence-electron chi connectivity index (χ3n) is 4.97. The van der Waals surface area contributed by atoms with E-state index in [1.54, 1.807) is 12.4 Å². The van der Waals surface area contributed by atoms with Gasteiger partial charge in [-0.2, -0.15) is 10.2 Å². The number of rotatable bonds is 7. The van der Waals surface area contributed by atoms with Gasteiger partial charge in [0, 0.05) is 48.7 Å². The summed E-state index contributed by atoms with van der Waals surface area (Å²) in [5.74, 6) is -0.0927. The molecule has 0 bridgehead atoms. The Morgan fingerprint density at radius 3 is 2.79 bits per heavy atom. The van der Waals surface area contributed by atoms with Gasteiger partial charge in [-0.05, 0) is 38.5 Å². The van der Waals surface area contributed by atoms with Crippen LogP contribution in [0.5, 0.6) is 0 Å². The predicted molar refractivity (Wildman–Crippen MR) is 113 cm³/mol. The third-order valence-corrected chi connectivity index (χ3v) is 4.97. The molecule has 1 amide bonds. The van der Waals surface area contributed by atoms with E-state index in [-0.39, 0.29) is 5.91 Å². The molecule has 0 saturated heterocycles. The molecule has 3 aromatic heterocycles. The van der Waals surface area contributed by atoms with Gasteiger partial charge in [0.05, 0.1) is 23.0 Å². The Hall–Kier alpha value is -3.48. The fourth-order valence-electron chi connectivity index (χ4n) is 3.34. The van der Waals surface area contributed by atoms with Gasteiger partial charge in [0.1, 0.15) is 0 Å². The lowest BCUT2D eigenvalue weighted by atomic mass is 10.0. The summed E-state index contributed by atoms with van der Waals surface area (Å²) >= 11 is 0. The molecule has 4 rings (SSSR count). The number of aromatic nitrogens is 5. The van der Waals surface area contributed by atoms with Crippen LogP contribution in [0.4, 0.5) is 0 Å². The zero-order valence-electron chi connectivity index (χ0n) is 16.7. The van der Waals surface area contributed by atoms with Crippen molar-refractivity contribution in [3.8, 4) is 11.3 Å². The Labute approximate surface area is 169 Å². The fraction of sp³-hybridized carbons (Fsp3) is 0.273. The molecule has 4 aromatic rings. The minimum Gasteiger partial charge on any atom is -0.352 e. The maximum Gasteiger partial charge on any atom is 0.252 e. The summed E-state index contributed by atoms with van der Waals surface area (Å²) in [5, 5.41) is 12.5. The molecule has 1 N–H and O–H groups in total. The molecule has 0 unspecified atom stereocenters. The van der Waals surface area contributed by atoms with Crippen LogP contribution in [0.3, 0.4) is 0 Å². The van der Waals surface area contributed by atoms with Crippen molar-refractivity contribution in [2.24, 2.45) is 0 Å². The average Bonchev–Trinajstić information content (AvgIpc) is 3.39. The molecule has 7 nitrogen and oxygen atoms in total. The van der Waals surface area contributed by atoms with Crippen molar-refractivity contribution in [2.75, 3.05) is 6.54 Å². The lowest BCUT2D eigenvalue weighted by Crippen LogP contribution is -2.26. The molecule has 7 heteroatoms. The van der Waals surface area contributed by atoms with E-state index in [9.17, 15) is 4.79 Å². The van der Waals surface area contributed by atoms with Gasteiger partial charge < -0.3 is 5.32 Å². The number of benzene rings is 1. The first-order valence-electron chi connectivity index (χ1n) is 9.85. The van der Waals surface area contributed by atoms with Gasteiger partial charge in [-0.1, -0.05) is 18.2 Å². The van der Waals surface area contributed by atoms with Crippen LogP contribution in [-0.4, -0.2) is 37.0 Å². The predicted octanol–water partition coefficient (Wildman–Crippen LogP) is 3.44. The van der Waals surface area contributed by atoms with Crippen molar-refractivity contribution in [3.63, 3.8) is 0 Å². The molecule has 29 heavy (non-hydrogen) atoms. The highest BCUT2D eigenvalue weighted by atomic mass is 16.1. The number of pyridine rings is 1. The normalized spacial score (nSPS) is 11.1. The third kappa shape index (κ3) is 4.03. The van der Waals surface area contributed by atoms with E-state index in [1.165, 1.54) is 0 Å². The number of fused-ring (bicyclic) bond motifs is 1. The van der Waals surface area contributed by atoms with Gasteiger partial charge in [0.25, 0.3) is 5.91 Å². The maximum atomic E-state index is 12.9. The maximum absolute atomic E-state index is 12.9. The van der Waals surface area contributed by atoms with Gasteiger partial charge in [-0.25, -0.2) is 4.98 Å². The van der Waals surface area contributed by atoms with Crippen molar-refractivity contribution in [2.45, 2.75) is 33.4 Å².